The molecule has 1 fully saturated rings. The van der Waals surface area contributed by atoms with E-state index in [2.05, 4.69) is 17.2 Å². The number of aromatic nitrogens is 1. The lowest BCUT2D eigenvalue weighted by molar-refractivity contribution is -0.122. The van der Waals surface area contributed by atoms with Gasteiger partial charge in [-0.1, -0.05) is 19.8 Å². The molecule has 19 heavy (non-hydrogen) atoms. The summed E-state index contributed by atoms with van der Waals surface area (Å²) in [7, 11) is 0. The first kappa shape index (κ1) is 13.1. The average molecular weight is 279 g/mol. The van der Waals surface area contributed by atoms with Gasteiger partial charge in [-0.25, -0.2) is 4.98 Å². The van der Waals surface area contributed by atoms with Crippen LogP contribution in [0, 0.1) is 5.92 Å². The van der Waals surface area contributed by atoms with Gasteiger partial charge >= 0.3 is 0 Å². The second-order valence-electron chi connectivity index (χ2n) is 6.05. The number of hydrogen-bond acceptors (Lipinski definition) is 4. The molecule has 0 aromatic carbocycles. The van der Waals surface area contributed by atoms with Crippen molar-refractivity contribution >= 4 is 22.4 Å². The van der Waals surface area contributed by atoms with Crippen molar-refractivity contribution in [1.29, 1.82) is 0 Å². The van der Waals surface area contributed by atoms with Crippen molar-refractivity contribution in [2.24, 2.45) is 11.7 Å². The van der Waals surface area contributed by atoms with E-state index in [0.717, 1.165) is 37.2 Å². The number of nitrogens with one attached hydrogen (secondary N) is 1. The van der Waals surface area contributed by atoms with Gasteiger partial charge in [-0.05, 0) is 38.0 Å². The molecule has 0 aliphatic heterocycles. The minimum Gasteiger partial charge on any atom is -0.317 e. The fourth-order valence-electron chi connectivity index (χ4n) is 3.26. The summed E-state index contributed by atoms with van der Waals surface area (Å²) in [5, 5.41) is 3.68. The minimum atomic E-state index is -0.701. The Kier molecular flexibility index (Phi) is 3.35. The Morgan fingerprint density at radius 2 is 2.32 bits per heavy atom. The van der Waals surface area contributed by atoms with Crippen LogP contribution in [-0.2, 0) is 17.6 Å². The summed E-state index contributed by atoms with van der Waals surface area (Å²) in [6, 6.07) is 0. The van der Waals surface area contributed by atoms with Crippen LogP contribution in [0.4, 0.5) is 5.13 Å². The zero-order valence-corrected chi connectivity index (χ0v) is 12.2. The van der Waals surface area contributed by atoms with E-state index in [1.54, 1.807) is 11.3 Å². The third-order valence-corrected chi connectivity index (χ3v) is 5.37. The highest BCUT2D eigenvalue weighted by Crippen LogP contribution is 2.33. The van der Waals surface area contributed by atoms with Gasteiger partial charge in [0, 0.05) is 4.88 Å². The van der Waals surface area contributed by atoms with Crippen LogP contribution >= 0.6 is 11.3 Å². The molecule has 1 heterocycles. The zero-order valence-electron chi connectivity index (χ0n) is 11.4. The number of fused-ring (bicyclic) bond motifs is 1. The molecular formula is C14H21N3OS. The van der Waals surface area contributed by atoms with E-state index in [-0.39, 0.29) is 5.91 Å². The summed E-state index contributed by atoms with van der Waals surface area (Å²) in [5.74, 6) is 0.484. The van der Waals surface area contributed by atoms with Gasteiger partial charge in [-0.15, -0.1) is 11.3 Å². The van der Waals surface area contributed by atoms with Crippen molar-refractivity contribution in [2.75, 3.05) is 5.32 Å². The topological polar surface area (TPSA) is 68.0 Å². The predicted octanol–water partition coefficient (Wildman–Crippen LogP) is 2.48. The molecule has 0 spiro atoms. The van der Waals surface area contributed by atoms with E-state index >= 15 is 0 Å². The van der Waals surface area contributed by atoms with Gasteiger partial charge < -0.3 is 11.1 Å². The lowest BCUT2D eigenvalue weighted by atomic mass is 9.76. The number of hydrogen-bond donors (Lipinski definition) is 2. The fraction of sp³-hybridized carbons (Fsp3) is 0.714. The number of carbonyl (C=O) groups is 1. The molecule has 1 amide bonds. The van der Waals surface area contributed by atoms with E-state index in [1.807, 2.05) is 0 Å². The van der Waals surface area contributed by atoms with E-state index < -0.39 is 5.54 Å². The van der Waals surface area contributed by atoms with E-state index in [4.69, 9.17) is 5.73 Å². The predicted molar refractivity (Wildman–Crippen MR) is 77.3 cm³/mol. The van der Waals surface area contributed by atoms with Crippen LogP contribution in [0.25, 0.3) is 0 Å². The molecule has 1 aromatic rings. The number of anilines is 1. The highest BCUT2D eigenvalue weighted by molar-refractivity contribution is 7.15. The maximum atomic E-state index is 12.4. The van der Waals surface area contributed by atoms with E-state index in [0.29, 0.717) is 5.92 Å². The normalized spacial score (nSPS) is 30.1. The van der Waals surface area contributed by atoms with E-state index in [9.17, 15) is 4.79 Å². The average Bonchev–Trinajstić information content (AvgIpc) is 2.89. The second-order valence-corrected chi connectivity index (χ2v) is 7.14. The van der Waals surface area contributed by atoms with Gasteiger partial charge in [0.1, 0.15) is 0 Å². The first-order valence-corrected chi connectivity index (χ1v) is 7.97. The van der Waals surface area contributed by atoms with Gasteiger partial charge in [0.2, 0.25) is 5.91 Å². The first-order valence-electron chi connectivity index (χ1n) is 7.16. The molecule has 2 aliphatic rings. The quantitative estimate of drug-likeness (QED) is 0.874. The number of aryl methyl sites for hydroxylation is 2. The highest BCUT2D eigenvalue weighted by atomic mass is 32.1. The summed E-state index contributed by atoms with van der Waals surface area (Å²) in [4.78, 5) is 18.2. The van der Waals surface area contributed by atoms with Gasteiger partial charge in [0.15, 0.2) is 5.13 Å². The summed E-state index contributed by atoms with van der Waals surface area (Å²) in [6.07, 6.45) is 7.14. The standard InChI is InChI=1S/C14H21N3OS/c1-9-4-3-7-14(15,8-9)12(18)17-13-16-10-5-2-6-11(10)19-13/h9H,2-8,15H2,1H3,(H,16,17,18). The number of nitrogens with two attached hydrogens (primary N) is 1. The number of rotatable bonds is 2. The molecule has 2 unspecified atom stereocenters. The summed E-state index contributed by atoms with van der Waals surface area (Å²) >= 11 is 1.62. The van der Waals surface area contributed by atoms with Crippen molar-refractivity contribution in [2.45, 2.75) is 57.4 Å². The molecule has 5 heteroatoms. The maximum Gasteiger partial charge on any atom is 0.246 e. The number of thiazole rings is 1. The van der Waals surface area contributed by atoms with Gasteiger partial charge in [0.05, 0.1) is 11.2 Å². The molecule has 1 saturated carbocycles. The molecule has 0 saturated heterocycles. The molecule has 1 aromatic heterocycles. The van der Waals surface area contributed by atoms with Crippen LogP contribution in [0.3, 0.4) is 0 Å². The number of carbonyl (C=O) groups excluding carboxylic acids is 1. The SMILES string of the molecule is CC1CCCC(N)(C(=O)Nc2nc3c(s2)CCC3)C1. The minimum absolute atomic E-state index is 0.0496. The molecule has 4 nitrogen and oxygen atoms in total. The zero-order chi connectivity index (χ0) is 13.5. The molecule has 104 valence electrons. The largest absolute Gasteiger partial charge is 0.317 e. The third-order valence-electron chi connectivity index (χ3n) is 4.30. The van der Waals surface area contributed by atoms with Crippen molar-refractivity contribution in [3.8, 4) is 0 Å². The fourth-order valence-corrected chi connectivity index (χ4v) is 4.31. The monoisotopic (exact) mass is 279 g/mol. The number of nitrogens with zero attached hydrogens (tertiary/aromatic N) is 1. The van der Waals surface area contributed by atoms with Crippen LogP contribution in [-0.4, -0.2) is 16.4 Å². The third kappa shape index (κ3) is 2.54. The van der Waals surface area contributed by atoms with Crippen LogP contribution in [0.1, 0.15) is 49.6 Å². The Morgan fingerprint density at radius 3 is 3.05 bits per heavy atom. The second kappa shape index (κ2) is 4.87. The molecule has 3 N–H and O–H groups in total. The van der Waals surface area contributed by atoms with Crippen LogP contribution in [0.15, 0.2) is 0 Å². The van der Waals surface area contributed by atoms with Crippen LogP contribution in [0.2, 0.25) is 0 Å². The van der Waals surface area contributed by atoms with Crippen molar-refractivity contribution < 1.29 is 4.79 Å². The van der Waals surface area contributed by atoms with Gasteiger partial charge in [-0.2, -0.15) is 0 Å². The van der Waals surface area contributed by atoms with Crippen LogP contribution < -0.4 is 11.1 Å². The van der Waals surface area contributed by atoms with Crippen LogP contribution in [0.5, 0.6) is 0 Å². The van der Waals surface area contributed by atoms with Crippen molar-refractivity contribution in [1.82, 2.24) is 4.98 Å². The Labute approximate surface area is 117 Å². The van der Waals surface area contributed by atoms with Gasteiger partial charge in [-0.3, -0.25) is 4.79 Å². The lowest BCUT2D eigenvalue weighted by Gasteiger charge is -2.34. The molecular weight excluding hydrogens is 258 g/mol. The maximum absolute atomic E-state index is 12.4. The Hall–Kier alpha value is -0.940. The molecule has 3 rings (SSSR count). The smallest absolute Gasteiger partial charge is 0.246 e. The summed E-state index contributed by atoms with van der Waals surface area (Å²) < 4.78 is 0. The Bertz CT molecular complexity index is 477. The Balaban J connectivity index is 1.70. The van der Waals surface area contributed by atoms with Crippen molar-refractivity contribution in [3.05, 3.63) is 10.6 Å². The summed E-state index contributed by atoms with van der Waals surface area (Å²) in [5.41, 5.74) is 6.77. The van der Waals surface area contributed by atoms with Crippen molar-refractivity contribution in [3.63, 3.8) is 0 Å². The van der Waals surface area contributed by atoms with Gasteiger partial charge in [0.25, 0.3) is 0 Å². The molecule has 0 radical (unpaired) electrons. The first-order chi connectivity index (χ1) is 9.07. The molecule has 0 bridgehead atoms. The summed E-state index contributed by atoms with van der Waals surface area (Å²) in [6.45, 7) is 2.17. The van der Waals surface area contributed by atoms with E-state index in [1.165, 1.54) is 23.4 Å². The number of amides is 1. The lowest BCUT2D eigenvalue weighted by Crippen LogP contribution is -2.53. The highest BCUT2D eigenvalue weighted by Gasteiger charge is 2.38. The Morgan fingerprint density at radius 1 is 1.47 bits per heavy atom. The molecule has 2 aliphatic carbocycles. The molecule has 2 atom stereocenters.